The molecule has 130 valence electrons. The van der Waals surface area contributed by atoms with Gasteiger partial charge in [0, 0.05) is 30.1 Å². The van der Waals surface area contributed by atoms with Gasteiger partial charge in [-0.25, -0.2) is 0 Å². The molecule has 0 aliphatic heterocycles. The fraction of sp³-hybridized carbons (Fsp3) is 0.316. The van der Waals surface area contributed by atoms with Gasteiger partial charge in [0.15, 0.2) is 0 Å². The molecule has 0 spiro atoms. The van der Waals surface area contributed by atoms with Crippen LogP contribution in [0.3, 0.4) is 0 Å². The Morgan fingerprint density at radius 1 is 1.20 bits per heavy atom. The molecule has 1 atom stereocenters. The van der Waals surface area contributed by atoms with E-state index in [-0.39, 0.29) is 6.04 Å². The number of ether oxygens (including phenoxy) is 1. The van der Waals surface area contributed by atoms with Gasteiger partial charge in [-0.15, -0.1) is 0 Å². The van der Waals surface area contributed by atoms with E-state index in [2.05, 4.69) is 26.1 Å². The Morgan fingerprint density at radius 2 is 2.04 bits per heavy atom. The summed E-state index contributed by atoms with van der Waals surface area (Å²) in [6, 6.07) is 11.8. The van der Waals surface area contributed by atoms with Gasteiger partial charge in [-0.05, 0) is 39.1 Å². The lowest BCUT2D eigenvalue weighted by Gasteiger charge is -2.22. The van der Waals surface area contributed by atoms with E-state index < -0.39 is 0 Å². The maximum Gasteiger partial charge on any atom is 0.244 e. The minimum atomic E-state index is -0.0207. The van der Waals surface area contributed by atoms with E-state index in [9.17, 15) is 0 Å². The molecule has 0 unspecified atom stereocenters. The summed E-state index contributed by atoms with van der Waals surface area (Å²) < 4.78 is 11.2. The molecule has 0 N–H and O–H groups in total. The quantitative estimate of drug-likeness (QED) is 0.654. The number of rotatable bonds is 7. The van der Waals surface area contributed by atoms with Gasteiger partial charge in [0.25, 0.3) is 0 Å². The number of pyridine rings is 1. The fourth-order valence-corrected chi connectivity index (χ4v) is 2.54. The van der Waals surface area contributed by atoms with Crippen molar-refractivity contribution in [1.29, 1.82) is 0 Å². The van der Waals surface area contributed by atoms with Crippen molar-refractivity contribution < 1.29 is 9.26 Å². The van der Waals surface area contributed by atoms with Gasteiger partial charge in [-0.2, -0.15) is 4.98 Å². The number of hydrogen-bond donors (Lipinski definition) is 0. The summed E-state index contributed by atoms with van der Waals surface area (Å²) >= 11 is 0. The fourth-order valence-electron chi connectivity index (χ4n) is 2.54. The van der Waals surface area contributed by atoms with Crippen LogP contribution in [-0.4, -0.2) is 33.7 Å². The first-order chi connectivity index (χ1) is 12.2. The largest absolute Gasteiger partial charge is 0.494 e. The number of hydrogen-bond acceptors (Lipinski definition) is 6. The molecule has 2 aromatic heterocycles. The molecule has 3 rings (SSSR count). The minimum Gasteiger partial charge on any atom is -0.494 e. The predicted octanol–water partition coefficient (Wildman–Crippen LogP) is 3.72. The van der Waals surface area contributed by atoms with E-state index in [0.29, 0.717) is 18.3 Å². The van der Waals surface area contributed by atoms with Gasteiger partial charge >= 0.3 is 0 Å². The Bertz CT molecular complexity index is 804. The van der Waals surface area contributed by atoms with Crippen molar-refractivity contribution in [3.8, 4) is 17.1 Å². The van der Waals surface area contributed by atoms with Gasteiger partial charge < -0.3 is 9.26 Å². The van der Waals surface area contributed by atoms with Crippen LogP contribution in [-0.2, 0) is 6.54 Å². The molecule has 0 fully saturated rings. The molecule has 0 aliphatic carbocycles. The van der Waals surface area contributed by atoms with E-state index >= 15 is 0 Å². The molecule has 3 aromatic rings. The first kappa shape index (κ1) is 17.1. The van der Waals surface area contributed by atoms with Crippen LogP contribution in [0.25, 0.3) is 11.4 Å². The highest BCUT2D eigenvalue weighted by Crippen LogP contribution is 2.25. The molecule has 25 heavy (non-hydrogen) atoms. The van der Waals surface area contributed by atoms with Gasteiger partial charge in [0.2, 0.25) is 11.7 Å². The standard InChI is InChI=1S/C19H22N4O2/c1-4-24-17-10-6-5-8-16(17)13-23(3)14(2)19-21-18(22-25-19)15-9-7-11-20-12-15/h5-12,14H,4,13H2,1-3H3/t14-/m1/s1. The molecule has 1 aromatic carbocycles. The molecule has 0 saturated heterocycles. The molecule has 6 heteroatoms. The van der Waals surface area contributed by atoms with Crippen molar-refractivity contribution in [2.24, 2.45) is 0 Å². The topological polar surface area (TPSA) is 64.3 Å². The van der Waals surface area contributed by atoms with Crippen molar-refractivity contribution in [3.63, 3.8) is 0 Å². The Labute approximate surface area is 147 Å². The van der Waals surface area contributed by atoms with Crippen LogP contribution in [0.5, 0.6) is 5.75 Å². The summed E-state index contributed by atoms with van der Waals surface area (Å²) in [5.74, 6) is 2.04. The van der Waals surface area contributed by atoms with Crippen LogP contribution in [0, 0.1) is 0 Å². The summed E-state index contributed by atoms with van der Waals surface area (Å²) in [6.45, 7) is 5.40. The third-order valence-electron chi connectivity index (χ3n) is 4.07. The van der Waals surface area contributed by atoms with Crippen LogP contribution in [0.1, 0.15) is 31.3 Å². The summed E-state index contributed by atoms with van der Waals surface area (Å²) in [5, 5.41) is 4.07. The van der Waals surface area contributed by atoms with Crippen molar-refractivity contribution in [2.45, 2.75) is 26.4 Å². The predicted molar refractivity (Wildman–Crippen MR) is 95.0 cm³/mol. The zero-order valence-corrected chi connectivity index (χ0v) is 14.7. The van der Waals surface area contributed by atoms with Gasteiger partial charge in [-0.3, -0.25) is 9.88 Å². The van der Waals surface area contributed by atoms with Crippen molar-refractivity contribution >= 4 is 0 Å². The average Bonchev–Trinajstić information content (AvgIpc) is 3.14. The van der Waals surface area contributed by atoms with E-state index in [1.54, 1.807) is 12.4 Å². The second-order valence-electron chi connectivity index (χ2n) is 5.83. The normalized spacial score (nSPS) is 12.3. The zero-order valence-electron chi connectivity index (χ0n) is 14.7. The summed E-state index contributed by atoms with van der Waals surface area (Å²) in [6.07, 6.45) is 3.44. The first-order valence-electron chi connectivity index (χ1n) is 8.34. The highest BCUT2D eigenvalue weighted by molar-refractivity contribution is 5.51. The lowest BCUT2D eigenvalue weighted by molar-refractivity contribution is 0.199. The highest BCUT2D eigenvalue weighted by atomic mass is 16.5. The van der Waals surface area contributed by atoms with Gasteiger partial charge in [0.05, 0.1) is 12.6 Å². The Morgan fingerprint density at radius 3 is 2.80 bits per heavy atom. The zero-order chi connectivity index (χ0) is 17.6. The third-order valence-corrected chi connectivity index (χ3v) is 4.07. The molecule has 6 nitrogen and oxygen atoms in total. The highest BCUT2D eigenvalue weighted by Gasteiger charge is 2.20. The van der Waals surface area contributed by atoms with E-state index in [1.165, 1.54) is 0 Å². The summed E-state index contributed by atoms with van der Waals surface area (Å²) in [7, 11) is 2.03. The van der Waals surface area contributed by atoms with Crippen LogP contribution >= 0.6 is 0 Å². The molecular formula is C19H22N4O2. The number of nitrogens with zero attached hydrogens (tertiary/aromatic N) is 4. The number of benzene rings is 1. The maximum absolute atomic E-state index is 5.70. The Balaban J connectivity index is 1.73. The van der Waals surface area contributed by atoms with E-state index in [4.69, 9.17) is 9.26 Å². The summed E-state index contributed by atoms with van der Waals surface area (Å²) in [5.41, 5.74) is 1.97. The molecule has 0 radical (unpaired) electrons. The molecule has 2 heterocycles. The molecule has 0 bridgehead atoms. The first-order valence-corrected chi connectivity index (χ1v) is 8.34. The monoisotopic (exact) mass is 338 g/mol. The maximum atomic E-state index is 5.70. The van der Waals surface area contributed by atoms with Crippen molar-refractivity contribution in [1.82, 2.24) is 20.0 Å². The third kappa shape index (κ3) is 4.03. The van der Waals surface area contributed by atoms with Crippen LogP contribution in [0.4, 0.5) is 0 Å². The average molecular weight is 338 g/mol. The second kappa shape index (κ2) is 7.90. The second-order valence-corrected chi connectivity index (χ2v) is 5.83. The molecule has 0 amide bonds. The van der Waals surface area contributed by atoms with E-state index in [0.717, 1.165) is 23.4 Å². The number of aromatic nitrogens is 3. The SMILES string of the molecule is CCOc1ccccc1CN(C)[C@H](C)c1nc(-c2cccnc2)no1. The lowest BCUT2D eigenvalue weighted by atomic mass is 10.1. The van der Waals surface area contributed by atoms with Crippen LogP contribution in [0.2, 0.25) is 0 Å². The smallest absolute Gasteiger partial charge is 0.244 e. The Hall–Kier alpha value is -2.73. The van der Waals surface area contributed by atoms with Gasteiger partial charge in [-0.1, -0.05) is 23.4 Å². The Kier molecular flexibility index (Phi) is 5.40. The molecule has 0 saturated carbocycles. The number of para-hydroxylation sites is 1. The lowest BCUT2D eigenvalue weighted by Crippen LogP contribution is -2.22. The van der Waals surface area contributed by atoms with Crippen LogP contribution < -0.4 is 4.74 Å². The van der Waals surface area contributed by atoms with Crippen molar-refractivity contribution in [3.05, 3.63) is 60.2 Å². The molecule has 0 aliphatic rings. The van der Waals surface area contributed by atoms with E-state index in [1.807, 2.05) is 51.2 Å². The van der Waals surface area contributed by atoms with Crippen molar-refractivity contribution in [2.75, 3.05) is 13.7 Å². The molecular weight excluding hydrogens is 316 g/mol. The summed E-state index contributed by atoms with van der Waals surface area (Å²) in [4.78, 5) is 10.7. The van der Waals surface area contributed by atoms with Gasteiger partial charge in [0.1, 0.15) is 5.75 Å². The van der Waals surface area contributed by atoms with Crippen LogP contribution in [0.15, 0.2) is 53.3 Å². The minimum absolute atomic E-state index is 0.0207.